The van der Waals surface area contributed by atoms with Crippen LogP contribution in [0.1, 0.15) is 27.7 Å². The Kier molecular flexibility index (Phi) is 6.32. The lowest BCUT2D eigenvalue weighted by atomic mass is 10.2. The molecule has 0 unspecified atom stereocenters. The number of ether oxygens (including phenoxy) is 2. The molecule has 0 bridgehead atoms. The Morgan fingerprint density at radius 2 is 1.88 bits per heavy atom. The van der Waals surface area contributed by atoms with Gasteiger partial charge in [-0.05, 0) is 32.9 Å². The van der Waals surface area contributed by atoms with Crippen molar-refractivity contribution in [2.75, 3.05) is 36.4 Å². The highest BCUT2D eigenvalue weighted by atomic mass is 32.1. The molecule has 3 heterocycles. The van der Waals surface area contributed by atoms with Crippen molar-refractivity contribution >= 4 is 44.5 Å². The number of para-hydroxylation sites is 1. The Bertz CT molecular complexity index is 1170. The molecule has 0 radical (unpaired) electrons. The topological polar surface area (TPSA) is 110 Å². The summed E-state index contributed by atoms with van der Waals surface area (Å²) in [4.78, 5) is 40.5. The average molecular weight is 471 g/mol. The molecule has 4 rings (SSSR count). The minimum absolute atomic E-state index is 0.177. The quantitative estimate of drug-likeness (QED) is 0.611. The van der Waals surface area contributed by atoms with E-state index in [0.29, 0.717) is 54.3 Å². The van der Waals surface area contributed by atoms with Crippen molar-refractivity contribution in [3.8, 4) is 11.6 Å². The first-order chi connectivity index (χ1) is 15.7. The molecule has 1 aromatic carbocycles. The van der Waals surface area contributed by atoms with Gasteiger partial charge in [-0.25, -0.2) is 19.7 Å². The smallest absolute Gasteiger partial charge is 0.410 e. The van der Waals surface area contributed by atoms with E-state index in [9.17, 15) is 9.59 Å². The number of fused-ring (bicyclic) bond motifs is 1. The number of nitrogens with zero attached hydrogens (tertiary/aromatic N) is 5. The van der Waals surface area contributed by atoms with Gasteiger partial charge in [-0.15, -0.1) is 0 Å². The fourth-order valence-corrected chi connectivity index (χ4v) is 4.26. The summed E-state index contributed by atoms with van der Waals surface area (Å²) in [5.41, 5.74) is 0.133. The number of aromatic nitrogens is 3. The number of piperazine rings is 1. The lowest BCUT2D eigenvalue weighted by Crippen LogP contribution is -2.50. The summed E-state index contributed by atoms with van der Waals surface area (Å²) in [5.74, 6) is 1.47. The van der Waals surface area contributed by atoms with Crippen LogP contribution in [-0.4, -0.2) is 63.6 Å². The second kappa shape index (κ2) is 9.18. The second-order valence-corrected chi connectivity index (χ2v) is 9.60. The Morgan fingerprint density at radius 3 is 2.58 bits per heavy atom. The maximum absolute atomic E-state index is 12.3. The van der Waals surface area contributed by atoms with Crippen LogP contribution in [0.15, 0.2) is 30.6 Å². The SMILES string of the molecule is CC(=O)Nc1nc2c(Oc3cc(N4CCN(C(=O)OC(C)(C)C)CC4)ncn3)cccc2s1. The van der Waals surface area contributed by atoms with Gasteiger partial charge in [0.05, 0.1) is 4.70 Å². The molecule has 0 atom stereocenters. The maximum Gasteiger partial charge on any atom is 0.410 e. The number of anilines is 2. The third-order valence-electron chi connectivity index (χ3n) is 4.76. The number of thiazole rings is 1. The Hall–Kier alpha value is -3.47. The maximum atomic E-state index is 12.3. The van der Waals surface area contributed by atoms with Crippen molar-refractivity contribution < 1.29 is 19.1 Å². The Labute approximate surface area is 195 Å². The number of amides is 2. The highest BCUT2D eigenvalue weighted by Gasteiger charge is 2.26. The molecular formula is C22H26N6O4S. The molecule has 3 aromatic rings. The summed E-state index contributed by atoms with van der Waals surface area (Å²) < 4.78 is 12.4. The Morgan fingerprint density at radius 1 is 1.12 bits per heavy atom. The molecule has 2 amide bonds. The molecule has 11 heteroatoms. The average Bonchev–Trinajstić information content (AvgIpc) is 3.16. The zero-order valence-corrected chi connectivity index (χ0v) is 19.8. The number of carbonyl (C=O) groups excluding carboxylic acids is 2. The minimum atomic E-state index is -0.518. The monoisotopic (exact) mass is 470 g/mol. The molecule has 1 aliphatic heterocycles. The van der Waals surface area contributed by atoms with Crippen molar-refractivity contribution in [3.63, 3.8) is 0 Å². The van der Waals surface area contributed by atoms with Crippen LogP contribution in [0.2, 0.25) is 0 Å². The predicted octanol–water partition coefficient (Wildman–Crippen LogP) is 3.89. The Balaban J connectivity index is 1.44. The van der Waals surface area contributed by atoms with E-state index in [0.717, 1.165) is 4.70 Å². The van der Waals surface area contributed by atoms with E-state index in [-0.39, 0.29) is 12.0 Å². The third-order valence-corrected chi connectivity index (χ3v) is 5.70. The van der Waals surface area contributed by atoms with Crippen LogP contribution < -0.4 is 15.0 Å². The molecule has 2 aromatic heterocycles. The summed E-state index contributed by atoms with van der Waals surface area (Å²) in [5, 5.41) is 3.22. The molecule has 1 N–H and O–H groups in total. The highest BCUT2D eigenvalue weighted by molar-refractivity contribution is 7.22. The van der Waals surface area contributed by atoms with Crippen LogP contribution >= 0.6 is 11.3 Å². The molecule has 0 spiro atoms. The van der Waals surface area contributed by atoms with Crippen LogP contribution in [0.4, 0.5) is 15.7 Å². The van der Waals surface area contributed by atoms with Crippen LogP contribution in [0.3, 0.4) is 0 Å². The molecule has 0 aliphatic carbocycles. The van der Waals surface area contributed by atoms with Crippen LogP contribution in [0, 0.1) is 0 Å². The zero-order valence-electron chi connectivity index (χ0n) is 19.0. The van der Waals surface area contributed by atoms with Gasteiger partial charge in [-0.3, -0.25) is 4.79 Å². The molecule has 1 fully saturated rings. The fraction of sp³-hybridized carbons (Fsp3) is 0.409. The normalized spacial score (nSPS) is 14.3. The third kappa shape index (κ3) is 5.67. The first-order valence-corrected chi connectivity index (χ1v) is 11.4. The van der Waals surface area contributed by atoms with Gasteiger partial charge in [0.15, 0.2) is 10.9 Å². The highest BCUT2D eigenvalue weighted by Crippen LogP contribution is 2.34. The van der Waals surface area contributed by atoms with Gasteiger partial charge in [0.1, 0.15) is 23.3 Å². The predicted molar refractivity (Wildman–Crippen MR) is 126 cm³/mol. The largest absolute Gasteiger partial charge is 0.444 e. The summed E-state index contributed by atoms with van der Waals surface area (Å²) in [6.45, 7) is 9.34. The zero-order chi connectivity index (χ0) is 23.6. The summed E-state index contributed by atoms with van der Waals surface area (Å²) in [6.07, 6.45) is 1.15. The molecule has 1 saturated heterocycles. The number of nitrogens with one attached hydrogen (secondary N) is 1. The molecular weight excluding hydrogens is 444 g/mol. The fourth-order valence-electron chi connectivity index (χ4n) is 3.33. The van der Waals surface area contributed by atoms with Gasteiger partial charge in [0.2, 0.25) is 11.8 Å². The van der Waals surface area contributed by atoms with Crippen LogP contribution in [0.25, 0.3) is 10.2 Å². The first kappa shape index (κ1) is 22.7. The lowest BCUT2D eigenvalue weighted by Gasteiger charge is -2.36. The summed E-state index contributed by atoms with van der Waals surface area (Å²) in [7, 11) is 0. The lowest BCUT2D eigenvalue weighted by molar-refractivity contribution is -0.114. The van der Waals surface area contributed by atoms with Crippen LogP contribution in [-0.2, 0) is 9.53 Å². The van der Waals surface area contributed by atoms with E-state index < -0.39 is 5.60 Å². The standard InChI is InChI=1S/C22H26N6O4S/c1-14(29)25-20-26-19-15(6-5-7-16(19)33-20)31-18-12-17(23-13-24-18)27-8-10-28(11-9-27)21(30)32-22(2,3)4/h5-7,12-13H,8-11H2,1-4H3,(H,25,26,29). The summed E-state index contributed by atoms with van der Waals surface area (Å²) in [6, 6.07) is 7.36. The molecule has 10 nitrogen and oxygen atoms in total. The number of carbonyl (C=O) groups is 2. The van der Waals surface area contributed by atoms with E-state index in [4.69, 9.17) is 9.47 Å². The number of benzene rings is 1. The van der Waals surface area contributed by atoms with Gasteiger partial charge in [0.25, 0.3) is 0 Å². The van der Waals surface area contributed by atoms with E-state index in [1.807, 2.05) is 32.9 Å². The van der Waals surface area contributed by atoms with Gasteiger partial charge >= 0.3 is 6.09 Å². The first-order valence-electron chi connectivity index (χ1n) is 10.6. The second-order valence-electron chi connectivity index (χ2n) is 8.57. The van der Waals surface area contributed by atoms with E-state index in [2.05, 4.69) is 25.2 Å². The van der Waals surface area contributed by atoms with Gasteiger partial charge in [-0.1, -0.05) is 17.4 Å². The van der Waals surface area contributed by atoms with Gasteiger partial charge < -0.3 is 24.6 Å². The minimum Gasteiger partial charge on any atom is -0.444 e. The van der Waals surface area contributed by atoms with E-state index in [1.165, 1.54) is 24.6 Å². The van der Waals surface area contributed by atoms with Crippen molar-refractivity contribution in [2.24, 2.45) is 0 Å². The van der Waals surface area contributed by atoms with Gasteiger partial charge in [0, 0.05) is 39.2 Å². The number of rotatable bonds is 4. The van der Waals surface area contributed by atoms with E-state index in [1.54, 1.807) is 17.0 Å². The molecule has 174 valence electrons. The van der Waals surface area contributed by atoms with E-state index >= 15 is 0 Å². The van der Waals surface area contributed by atoms with Crippen molar-refractivity contribution in [3.05, 3.63) is 30.6 Å². The molecule has 0 saturated carbocycles. The van der Waals surface area contributed by atoms with Crippen LogP contribution in [0.5, 0.6) is 11.6 Å². The summed E-state index contributed by atoms with van der Waals surface area (Å²) >= 11 is 1.38. The van der Waals surface area contributed by atoms with Gasteiger partial charge in [-0.2, -0.15) is 0 Å². The van der Waals surface area contributed by atoms with Crippen molar-refractivity contribution in [1.29, 1.82) is 0 Å². The number of hydrogen-bond donors (Lipinski definition) is 1. The molecule has 33 heavy (non-hydrogen) atoms. The molecule has 1 aliphatic rings. The number of hydrogen-bond acceptors (Lipinski definition) is 9. The van der Waals surface area contributed by atoms with Crippen molar-refractivity contribution in [2.45, 2.75) is 33.3 Å². The van der Waals surface area contributed by atoms with Crippen molar-refractivity contribution in [1.82, 2.24) is 19.9 Å².